The fraction of sp³-hybridized carbons (Fsp3) is 0.500. The van der Waals surface area contributed by atoms with Crippen molar-refractivity contribution in [3.8, 4) is 0 Å². The summed E-state index contributed by atoms with van der Waals surface area (Å²) >= 11 is 0. The van der Waals surface area contributed by atoms with Crippen molar-refractivity contribution in [2.75, 3.05) is 37.6 Å². The third-order valence-corrected chi connectivity index (χ3v) is 6.17. The summed E-state index contributed by atoms with van der Waals surface area (Å²) in [6, 6.07) is 11.9. The summed E-state index contributed by atoms with van der Waals surface area (Å²) < 4.78 is 5.39. The third-order valence-electron chi connectivity index (χ3n) is 6.17. The highest BCUT2D eigenvalue weighted by molar-refractivity contribution is 14.0. The molecule has 1 amide bonds. The van der Waals surface area contributed by atoms with E-state index in [4.69, 9.17) is 9.41 Å². The molecule has 2 aliphatic heterocycles. The lowest BCUT2D eigenvalue weighted by Crippen LogP contribution is -2.42. The van der Waals surface area contributed by atoms with Crippen LogP contribution in [0.4, 0.5) is 5.69 Å². The summed E-state index contributed by atoms with van der Waals surface area (Å²) in [6.07, 6.45) is 4.15. The monoisotopic (exact) mass is 552 g/mol. The van der Waals surface area contributed by atoms with Gasteiger partial charge in [-0.05, 0) is 50.5 Å². The first-order valence-electron chi connectivity index (χ1n) is 11.2. The van der Waals surface area contributed by atoms with E-state index in [9.17, 15) is 9.90 Å². The van der Waals surface area contributed by atoms with Gasteiger partial charge in [-0.2, -0.15) is 0 Å². The molecule has 1 aromatic heterocycles. The van der Waals surface area contributed by atoms with Gasteiger partial charge in [-0.3, -0.25) is 4.79 Å². The van der Waals surface area contributed by atoms with Crippen LogP contribution in [0.3, 0.4) is 0 Å². The van der Waals surface area contributed by atoms with Gasteiger partial charge < -0.3 is 24.6 Å². The largest absolute Gasteiger partial charge is 0.466 e. The van der Waals surface area contributed by atoms with Gasteiger partial charge in [-0.1, -0.05) is 18.2 Å². The fourth-order valence-corrected chi connectivity index (χ4v) is 4.48. The van der Waals surface area contributed by atoms with Gasteiger partial charge in [0.1, 0.15) is 11.4 Å². The quantitative estimate of drug-likeness (QED) is 0.311. The zero-order valence-electron chi connectivity index (χ0n) is 18.8. The zero-order valence-corrected chi connectivity index (χ0v) is 21.1. The first-order chi connectivity index (χ1) is 15.0. The van der Waals surface area contributed by atoms with E-state index in [1.54, 1.807) is 25.3 Å². The van der Waals surface area contributed by atoms with Gasteiger partial charge in [0.15, 0.2) is 5.96 Å². The van der Waals surface area contributed by atoms with Crippen molar-refractivity contribution in [1.29, 1.82) is 0 Å². The smallest absolute Gasteiger partial charge is 0.222 e. The topological polar surface area (TPSA) is 81.3 Å². The molecule has 0 bridgehead atoms. The molecule has 7 nitrogen and oxygen atoms in total. The van der Waals surface area contributed by atoms with Crippen LogP contribution in [0.1, 0.15) is 50.4 Å². The normalized spacial score (nSPS) is 20.2. The molecule has 8 heteroatoms. The van der Waals surface area contributed by atoms with Gasteiger partial charge in [0, 0.05) is 44.2 Å². The molecule has 2 aliphatic rings. The summed E-state index contributed by atoms with van der Waals surface area (Å²) in [5, 5.41) is 14.2. The minimum absolute atomic E-state index is 0. The van der Waals surface area contributed by atoms with Crippen molar-refractivity contribution < 1.29 is 14.3 Å². The highest BCUT2D eigenvalue weighted by Gasteiger charge is 2.33. The molecule has 1 saturated heterocycles. The van der Waals surface area contributed by atoms with Gasteiger partial charge in [0.05, 0.1) is 12.8 Å². The van der Waals surface area contributed by atoms with E-state index >= 15 is 0 Å². The molecule has 0 aliphatic carbocycles. The number of anilines is 1. The van der Waals surface area contributed by atoms with E-state index in [2.05, 4.69) is 28.4 Å². The molecule has 0 spiro atoms. The van der Waals surface area contributed by atoms with E-state index in [0.717, 1.165) is 50.7 Å². The molecule has 174 valence electrons. The highest BCUT2D eigenvalue weighted by Crippen LogP contribution is 2.38. The number of nitrogens with zero attached hydrogens (tertiary/aromatic N) is 3. The van der Waals surface area contributed by atoms with Crippen molar-refractivity contribution in [3.05, 3.63) is 54.0 Å². The number of carbonyl (C=O) groups excluding carboxylic acids is 1. The van der Waals surface area contributed by atoms with Gasteiger partial charge >= 0.3 is 0 Å². The van der Waals surface area contributed by atoms with Crippen LogP contribution in [0.15, 0.2) is 52.1 Å². The Labute approximate surface area is 206 Å². The predicted octanol–water partition coefficient (Wildman–Crippen LogP) is 3.69. The molecule has 2 unspecified atom stereocenters. The highest BCUT2D eigenvalue weighted by atomic mass is 127. The van der Waals surface area contributed by atoms with E-state index in [-0.39, 0.29) is 36.4 Å². The number of hydrogen-bond donors (Lipinski definition) is 2. The number of fused-ring (bicyclic) bond motifs is 1. The third kappa shape index (κ3) is 5.28. The van der Waals surface area contributed by atoms with Crippen molar-refractivity contribution >= 4 is 41.5 Å². The van der Waals surface area contributed by atoms with E-state index < -0.39 is 5.60 Å². The average Bonchev–Trinajstić information content (AvgIpc) is 3.50. The summed E-state index contributed by atoms with van der Waals surface area (Å²) in [5.74, 6) is 1.86. The average molecular weight is 552 g/mol. The van der Waals surface area contributed by atoms with Gasteiger partial charge in [0.25, 0.3) is 0 Å². The number of para-hydroxylation sites is 1. The number of aliphatic hydroxyl groups is 1. The van der Waals surface area contributed by atoms with Gasteiger partial charge in [-0.15, -0.1) is 24.0 Å². The first-order valence-corrected chi connectivity index (χ1v) is 11.2. The SMILES string of the molecule is CCNC(=NCC(C)(O)c1ccco1)N1CC(CCN2CCCC2=O)c2ccccc21.I. The van der Waals surface area contributed by atoms with Crippen LogP contribution in [0.2, 0.25) is 0 Å². The summed E-state index contributed by atoms with van der Waals surface area (Å²) in [4.78, 5) is 21.0. The number of halogens is 1. The van der Waals surface area contributed by atoms with Crippen LogP contribution in [0, 0.1) is 0 Å². The van der Waals surface area contributed by atoms with Crippen LogP contribution in [-0.4, -0.2) is 54.6 Å². The van der Waals surface area contributed by atoms with Gasteiger partial charge in [0.2, 0.25) is 5.91 Å². The Morgan fingerprint density at radius 3 is 2.81 bits per heavy atom. The van der Waals surface area contributed by atoms with Crippen molar-refractivity contribution in [2.24, 2.45) is 4.99 Å². The second-order valence-corrected chi connectivity index (χ2v) is 8.56. The number of furan rings is 1. The lowest BCUT2D eigenvalue weighted by atomic mass is 9.98. The number of hydrogen-bond acceptors (Lipinski definition) is 4. The first kappa shape index (κ1) is 24.6. The molecule has 32 heavy (non-hydrogen) atoms. The Morgan fingerprint density at radius 2 is 2.12 bits per heavy atom. The van der Waals surface area contributed by atoms with Crippen LogP contribution < -0.4 is 10.2 Å². The molecular formula is C24H33IN4O3. The van der Waals surface area contributed by atoms with E-state index in [0.29, 0.717) is 18.1 Å². The zero-order chi connectivity index (χ0) is 21.8. The number of guanidine groups is 1. The second kappa shape index (κ2) is 10.7. The fourth-order valence-electron chi connectivity index (χ4n) is 4.48. The Hall–Kier alpha value is -2.07. The van der Waals surface area contributed by atoms with Crippen molar-refractivity contribution in [3.63, 3.8) is 0 Å². The van der Waals surface area contributed by atoms with Crippen LogP contribution >= 0.6 is 24.0 Å². The molecular weight excluding hydrogens is 519 g/mol. The number of benzene rings is 1. The molecule has 1 fully saturated rings. The summed E-state index contributed by atoms with van der Waals surface area (Å²) in [6.45, 7) is 7.15. The Morgan fingerprint density at radius 1 is 1.31 bits per heavy atom. The van der Waals surface area contributed by atoms with E-state index in [1.807, 2.05) is 17.9 Å². The number of rotatable bonds is 7. The number of carbonyl (C=O) groups is 1. The molecule has 3 heterocycles. The van der Waals surface area contributed by atoms with Gasteiger partial charge in [-0.25, -0.2) is 4.99 Å². The van der Waals surface area contributed by atoms with Crippen molar-refractivity contribution in [2.45, 2.75) is 44.6 Å². The number of nitrogens with one attached hydrogen (secondary N) is 1. The maximum atomic E-state index is 12.0. The van der Waals surface area contributed by atoms with E-state index in [1.165, 1.54) is 5.56 Å². The lowest BCUT2D eigenvalue weighted by Gasteiger charge is -2.25. The molecule has 2 atom stereocenters. The molecule has 2 N–H and O–H groups in total. The molecule has 1 aromatic carbocycles. The molecule has 0 saturated carbocycles. The second-order valence-electron chi connectivity index (χ2n) is 8.56. The lowest BCUT2D eigenvalue weighted by molar-refractivity contribution is -0.127. The van der Waals surface area contributed by atoms with Crippen LogP contribution in [0.5, 0.6) is 0 Å². The predicted molar refractivity (Wildman–Crippen MR) is 137 cm³/mol. The molecule has 2 aromatic rings. The minimum Gasteiger partial charge on any atom is -0.466 e. The molecule has 4 rings (SSSR count). The number of likely N-dealkylation sites (tertiary alicyclic amines) is 1. The maximum Gasteiger partial charge on any atom is 0.222 e. The number of amides is 1. The molecule has 0 radical (unpaired) electrons. The van der Waals surface area contributed by atoms with Crippen LogP contribution in [0.25, 0.3) is 0 Å². The summed E-state index contributed by atoms with van der Waals surface area (Å²) in [5.41, 5.74) is 1.24. The Balaban J connectivity index is 0.00000289. The Kier molecular flexibility index (Phi) is 8.21. The summed E-state index contributed by atoms with van der Waals surface area (Å²) in [7, 11) is 0. The van der Waals surface area contributed by atoms with Crippen molar-refractivity contribution in [1.82, 2.24) is 10.2 Å². The Bertz CT molecular complexity index is 929. The maximum absolute atomic E-state index is 12.0. The minimum atomic E-state index is -1.18. The van der Waals surface area contributed by atoms with Crippen LogP contribution in [-0.2, 0) is 10.4 Å². The standard InChI is InChI=1S/C24H32N4O3.HI/c1-3-25-23(26-17-24(2,30)21-10-7-15-31-21)28-16-18(19-8-4-5-9-20(19)28)12-14-27-13-6-11-22(27)29;/h4-5,7-10,15,18,30H,3,6,11-14,16-17H2,1-2H3,(H,25,26);1H. The number of aliphatic imine (C=N–C) groups is 1.